The number of fused-ring (bicyclic) bond motifs is 1. The number of aliphatic hydroxyl groups excluding tert-OH is 1. The van der Waals surface area contributed by atoms with E-state index < -0.39 is 5.41 Å². The number of rotatable bonds is 4. The van der Waals surface area contributed by atoms with Gasteiger partial charge in [0.2, 0.25) is 5.91 Å². The first-order valence-electron chi connectivity index (χ1n) is 6.54. The van der Waals surface area contributed by atoms with Crippen molar-refractivity contribution in [3.8, 4) is 0 Å². The first kappa shape index (κ1) is 13.1. The van der Waals surface area contributed by atoms with Crippen LogP contribution in [-0.2, 0) is 16.6 Å². The molecule has 1 amide bonds. The molecule has 98 valence electrons. The lowest BCUT2D eigenvalue weighted by atomic mass is 9.84. The summed E-state index contributed by atoms with van der Waals surface area (Å²) in [6.45, 7) is 6.19. The minimum Gasteiger partial charge on any atom is -0.396 e. The van der Waals surface area contributed by atoms with Gasteiger partial charge >= 0.3 is 0 Å². The fourth-order valence-corrected chi connectivity index (χ4v) is 2.42. The van der Waals surface area contributed by atoms with E-state index in [2.05, 4.69) is 18.3 Å². The van der Waals surface area contributed by atoms with Crippen molar-refractivity contribution in [1.82, 2.24) is 0 Å². The van der Waals surface area contributed by atoms with Crippen molar-refractivity contribution in [2.45, 2.75) is 39.0 Å². The molecule has 1 aliphatic heterocycles. The van der Waals surface area contributed by atoms with E-state index in [1.165, 1.54) is 5.56 Å². The number of carbonyl (C=O) groups excluding carboxylic acids is 1. The third-order valence-electron chi connectivity index (χ3n) is 3.93. The summed E-state index contributed by atoms with van der Waals surface area (Å²) < 4.78 is 0. The van der Waals surface area contributed by atoms with Gasteiger partial charge in [0, 0.05) is 12.3 Å². The second-order valence-corrected chi connectivity index (χ2v) is 5.62. The van der Waals surface area contributed by atoms with Gasteiger partial charge in [-0.25, -0.2) is 0 Å². The van der Waals surface area contributed by atoms with Crippen molar-refractivity contribution in [3.63, 3.8) is 0 Å². The zero-order chi connectivity index (χ0) is 13.3. The lowest BCUT2D eigenvalue weighted by Gasteiger charge is -2.17. The highest BCUT2D eigenvalue weighted by Gasteiger charge is 2.38. The summed E-state index contributed by atoms with van der Waals surface area (Å²) in [6, 6.07) is 6.12. The van der Waals surface area contributed by atoms with Crippen molar-refractivity contribution in [2.24, 2.45) is 5.92 Å². The van der Waals surface area contributed by atoms with Crippen molar-refractivity contribution in [2.75, 3.05) is 11.9 Å². The summed E-state index contributed by atoms with van der Waals surface area (Å²) in [5, 5.41) is 12.2. The molecule has 0 spiro atoms. The smallest absolute Gasteiger partial charge is 0.234 e. The van der Waals surface area contributed by atoms with E-state index in [1.807, 2.05) is 26.0 Å². The minimum absolute atomic E-state index is 0.0591. The van der Waals surface area contributed by atoms with E-state index in [-0.39, 0.29) is 12.5 Å². The summed E-state index contributed by atoms with van der Waals surface area (Å²) in [5.41, 5.74) is 2.73. The Balaban J connectivity index is 2.28. The summed E-state index contributed by atoms with van der Waals surface area (Å²) in [5.74, 6) is 0.361. The molecule has 1 aromatic carbocycles. The molecule has 1 aliphatic rings. The van der Waals surface area contributed by atoms with Gasteiger partial charge in [0.05, 0.1) is 5.41 Å². The minimum atomic E-state index is -0.452. The summed E-state index contributed by atoms with van der Waals surface area (Å²) in [6.07, 6.45) is 1.83. The molecule has 0 radical (unpaired) electrons. The molecule has 0 saturated carbocycles. The van der Waals surface area contributed by atoms with Crippen LogP contribution >= 0.6 is 0 Å². The van der Waals surface area contributed by atoms with Crippen LogP contribution in [0.3, 0.4) is 0 Å². The highest BCUT2D eigenvalue weighted by atomic mass is 16.3. The van der Waals surface area contributed by atoms with E-state index in [0.29, 0.717) is 5.92 Å². The Bertz CT molecular complexity index is 462. The maximum atomic E-state index is 11.8. The normalized spacial score (nSPS) is 18.3. The fraction of sp³-hybridized carbons (Fsp3) is 0.533. The van der Waals surface area contributed by atoms with Crippen molar-refractivity contribution >= 4 is 11.6 Å². The van der Waals surface area contributed by atoms with Crippen LogP contribution in [0.4, 0.5) is 5.69 Å². The molecule has 1 atom stereocenters. The number of benzene rings is 1. The van der Waals surface area contributed by atoms with E-state index in [9.17, 15) is 9.90 Å². The molecule has 1 aromatic rings. The average Bonchev–Trinajstić information content (AvgIpc) is 2.58. The summed E-state index contributed by atoms with van der Waals surface area (Å²) in [4.78, 5) is 11.8. The van der Waals surface area contributed by atoms with Gasteiger partial charge in [0.1, 0.15) is 0 Å². The van der Waals surface area contributed by atoms with Crippen LogP contribution < -0.4 is 5.32 Å². The van der Waals surface area contributed by atoms with Crippen LogP contribution in [-0.4, -0.2) is 17.6 Å². The monoisotopic (exact) mass is 247 g/mol. The fourth-order valence-electron chi connectivity index (χ4n) is 2.42. The Hall–Kier alpha value is -1.35. The summed E-state index contributed by atoms with van der Waals surface area (Å²) in [7, 11) is 0. The third kappa shape index (κ3) is 2.15. The van der Waals surface area contributed by atoms with Gasteiger partial charge in [0.25, 0.3) is 0 Å². The number of hydrogen-bond acceptors (Lipinski definition) is 2. The number of anilines is 1. The number of amides is 1. The van der Waals surface area contributed by atoms with Gasteiger partial charge in [-0.1, -0.05) is 25.5 Å². The van der Waals surface area contributed by atoms with Crippen LogP contribution in [0.5, 0.6) is 0 Å². The number of nitrogens with one attached hydrogen (secondary N) is 1. The van der Waals surface area contributed by atoms with E-state index in [4.69, 9.17) is 0 Å². The standard InChI is InChI=1S/C15H21NO2/c1-4-10(9-17)7-11-5-6-13-12(8-11)15(2,3)14(18)16-13/h5-6,8,10,17H,4,7,9H2,1-3H3,(H,16,18). The molecule has 0 fully saturated rings. The Kier molecular flexibility index (Phi) is 3.44. The Morgan fingerprint density at radius 2 is 2.11 bits per heavy atom. The lowest BCUT2D eigenvalue weighted by molar-refractivity contribution is -0.119. The van der Waals surface area contributed by atoms with Crippen LogP contribution in [0.15, 0.2) is 18.2 Å². The maximum Gasteiger partial charge on any atom is 0.234 e. The van der Waals surface area contributed by atoms with E-state index in [1.54, 1.807) is 0 Å². The molecule has 2 rings (SSSR count). The lowest BCUT2D eigenvalue weighted by Crippen LogP contribution is -2.26. The topological polar surface area (TPSA) is 49.3 Å². The molecule has 2 N–H and O–H groups in total. The predicted octanol–water partition coefficient (Wildman–Crippen LogP) is 2.48. The van der Waals surface area contributed by atoms with Crippen LogP contribution in [0.1, 0.15) is 38.3 Å². The molecule has 1 unspecified atom stereocenters. The Morgan fingerprint density at radius 3 is 2.72 bits per heavy atom. The van der Waals surface area contributed by atoms with Crippen molar-refractivity contribution in [1.29, 1.82) is 0 Å². The van der Waals surface area contributed by atoms with Crippen molar-refractivity contribution in [3.05, 3.63) is 29.3 Å². The van der Waals surface area contributed by atoms with Gasteiger partial charge < -0.3 is 10.4 Å². The number of carbonyl (C=O) groups is 1. The predicted molar refractivity (Wildman–Crippen MR) is 72.7 cm³/mol. The third-order valence-corrected chi connectivity index (χ3v) is 3.93. The maximum absolute atomic E-state index is 11.8. The van der Waals surface area contributed by atoms with Gasteiger partial charge in [-0.15, -0.1) is 0 Å². The van der Waals surface area contributed by atoms with Gasteiger partial charge in [0.15, 0.2) is 0 Å². The SMILES string of the molecule is CCC(CO)Cc1ccc2c(c1)C(C)(C)C(=O)N2. The first-order valence-corrected chi connectivity index (χ1v) is 6.54. The van der Waals surface area contributed by atoms with E-state index in [0.717, 1.165) is 24.1 Å². The first-order chi connectivity index (χ1) is 8.48. The molecule has 0 aromatic heterocycles. The molecule has 3 heteroatoms. The summed E-state index contributed by atoms with van der Waals surface area (Å²) >= 11 is 0. The molecule has 1 heterocycles. The Labute approximate surface area is 108 Å². The molecular formula is C15H21NO2. The highest BCUT2D eigenvalue weighted by Crippen LogP contribution is 2.38. The molecule has 0 saturated heterocycles. The molecular weight excluding hydrogens is 226 g/mol. The second-order valence-electron chi connectivity index (χ2n) is 5.62. The van der Waals surface area contributed by atoms with Crippen molar-refractivity contribution < 1.29 is 9.90 Å². The highest BCUT2D eigenvalue weighted by molar-refractivity contribution is 6.05. The van der Waals surface area contributed by atoms with Gasteiger partial charge in [-0.3, -0.25) is 4.79 Å². The molecule has 0 aliphatic carbocycles. The molecule has 0 bridgehead atoms. The van der Waals surface area contributed by atoms with Crippen LogP contribution in [0, 0.1) is 5.92 Å². The number of aliphatic hydroxyl groups is 1. The molecule has 3 nitrogen and oxygen atoms in total. The zero-order valence-electron chi connectivity index (χ0n) is 11.3. The average molecular weight is 247 g/mol. The number of hydrogen-bond donors (Lipinski definition) is 2. The second kappa shape index (κ2) is 4.73. The van der Waals surface area contributed by atoms with Gasteiger partial charge in [-0.2, -0.15) is 0 Å². The Morgan fingerprint density at radius 1 is 1.39 bits per heavy atom. The van der Waals surface area contributed by atoms with Crippen LogP contribution in [0.25, 0.3) is 0 Å². The van der Waals surface area contributed by atoms with Gasteiger partial charge in [-0.05, 0) is 43.4 Å². The molecule has 18 heavy (non-hydrogen) atoms. The zero-order valence-corrected chi connectivity index (χ0v) is 11.3. The van der Waals surface area contributed by atoms with E-state index >= 15 is 0 Å². The quantitative estimate of drug-likeness (QED) is 0.858. The largest absolute Gasteiger partial charge is 0.396 e. The van der Waals surface area contributed by atoms with Crippen LogP contribution in [0.2, 0.25) is 0 Å².